The van der Waals surface area contributed by atoms with Crippen LogP contribution in [0.5, 0.6) is 0 Å². The van der Waals surface area contributed by atoms with Crippen LogP contribution in [0.15, 0.2) is 36.7 Å². The van der Waals surface area contributed by atoms with Crippen molar-refractivity contribution in [3.63, 3.8) is 0 Å². The molecule has 0 fully saturated rings. The second-order valence-corrected chi connectivity index (χ2v) is 4.25. The van der Waals surface area contributed by atoms with Crippen LogP contribution in [0.2, 0.25) is 0 Å². The van der Waals surface area contributed by atoms with Crippen molar-refractivity contribution in [2.75, 3.05) is 24.3 Å². The SMILES string of the molecule is CN(C)c1ccc(NCc2nccn2C)cc1. The van der Waals surface area contributed by atoms with Gasteiger partial charge >= 0.3 is 0 Å². The second kappa shape index (κ2) is 4.91. The van der Waals surface area contributed by atoms with E-state index < -0.39 is 0 Å². The number of hydrogen-bond donors (Lipinski definition) is 1. The molecule has 0 spiro atoms. The summed E-state index contributed by atoms with van der Waals surface area (Å²) in [7, 11) is 6.08. The number of aryl methyl sites for hydroxylation is 1. The summed E-state index contributed by atoms with van der Waals surface area (Å²) in [6.45, 7) is 0.741. The maximum atomic E-state index is 4.27. The maximum absolute atomic E-state index is 4.27. The molecule has 2 aromatic rings. The van der Waals surface area contributed by atoms with E-state index in [1.54, 1.807) is 0 Å². The van der Waals surface area contributed by atoms with Crippen LogP contribution in [-0.4, -0.2) is 23.6 Å². The first kappa shape index (κ1) is 11.5. The fraction of sp³-hybridized carbons (Fsp3) is 0.308. The third kappa shape index (κ3) is 2.78. The Morgan fingerprint density at radius 3 is 2.47 bits per heavy atom. The van der Waals surface area contributed by atoms with E-state index in [1.807, 2.05) is 38.1 Å². The lowest BCUT2D eigenvalue weighted by atomic mass is 10.2. The number of hydrogen-bond acceptors (Lipinski definition) is 3. The number of aromatic nitrogens is 2. The molecule has 0 atom stereocenters. The van der Waals surface area contributed by atoms with Gasteiger partial charge in [-0.05, 0) is 24.3 Å². The quantitative estimate of drug-likeness (QED) is 0.873. The fourth-order valence-corrected chi connectivity index (χ4v) is 1.63. The molecule has 4 heteroatoms. The molecule has 0 bridgehead atoms. The summed E-state index contributed by atoms with van der Waals surface area (Å²) in [5.74, 6) is 1.03. The van der Waals surface area contributed by atoms with Crippen LogP contribution >= 0.6 is 0 Å². The number of nitrogens with zero attached hydrogens (tertiary/aromatic N) is 3. The van der Waals surface area contributed by atoms with Gasteiger partial charge in [0.1, 0.15) is 5.82 Å². The topological polar surface area (TPSA) is 33.1 Å². The first-order valence-electron chi connectivity index (χ1n) is 5.64. The lowest BCUT2D eigenvalue weighted by Gasteiger charge is -2.13. The normalized spacial score (nSPS) is 10.3. The van der Waals surface area contributed by atoms with E-state index in [1.165, 1.54) is 5.69 Å². The van der Waals surface area contributed by atoms with Gasteiger partial charge in [0.05, 0.1) is 6.54 Å². The summed E-state index contributed by atoms with van der Waals surface area (Å²) in [4.78, 5) is 6.35. The zero-order chi connectivity index (χ0) is 12.3. The van der Waals surface area contributed by atoms with Crippen molar-refractivity contribution < 1.29 is 0 Å². The van der Waals surface area contributed by atoms with Crippen molar-refractivity contribution >= 4 is 11.4 Å². The van der Waals surface area contributed by atoms with E-state index in [-0.39, 0.29) is 0 Å². The Hall–Kier alpha value is -1.97. The summed E-state index contributed by atoms with van der Waals surface area (Å²) in [5, 5.41) is 3.35. The number of anilines is 2. The summed E-state index contributed by atoms with van der Waals surface area (Å²) in [6, 6.07) is 8.36. The van der Waals surface area contributed by atoms with Crippen molar-refractivity contribution in [2.45, 2.75) is 6.54 Å². The van der Waals surface area contributed by atoms with Gasteiger partial charge in [-0.25, -0.2) is 4.98 Å². The molecular formula is C13H18N4. The van der Waals surface area contributed by atoms with Crippen molar-refractivity contribution in [1.29, 1.82) is 0 Å². The largest absolute Gasteiger partial charge is 0.378 e. The molecule has 4 nitrogen and oxygen atoms in total. The van der Waals surface area contributed by atoms with E-state index in [2.05, 4.69) is 39.5 Å². The van der Waals surface area contributed by atoms with Gasteiger partial charge < -0.3 is 14.8 Å². The van der Waals surface area contributed by atoms with E-state index in [0.717, 1.165) is 18.1 Å². The van der Waals surface area contributed by atoms with Crippen molar-refractivity contribution in [2.24, 2.45) is 7.05 Å². The van der Waals surface area contributed by atoms with Crippen molar-refractivity contribution in [1.82, 2.24) is 9.55 Å². The summed E-state index contributed by atoms with van der Waals surface area (Å²) in [6.07, 6.45) is 3.76. The summed E-state index contributed by atoms with van der Waals surface area (Å²) >= 11 is 0. The highest BCUT2D eigenvalue weighted by Crippen LogP contribution is 2.16. The zero-order valence-corrected chi connectivity index (χ0v) is 10.5. The summed E-state index contributed by atoms with van der Waals surface area (Å²) in [5.41, 5.74) is 2.31. The highest BCUT2D eigenvalue weighted by atomic mass is 15.1. The summed E-state index contributed by atoms with van der Waals surface area (Å²) < 4.78 is 2.02. The number of imidazole rings is 1. The second-order valence-electron chi connectivity index (χ2n) is 4.25. The molecule has 0 aliphatic rings. The standard InChI is InChI=1S/C13H18N4/c1-16(2)12-6-4-11(5-7-12)15-10-13-14-8-9-17(13)3/h4-9,15H,10H2,1-3H3. The third-order valence-electron chi connectivity index (χ3n) is 2.76. The molecule has 1 N–H and O–H groups in total. The highest BCUT2D eigenvalue weighted by Gasteiger charge is 1.99. The lowest BCUT2D eigenvalue weighted by molar-refractivity contribution is 0.813. The zero-order valence-electron chi connectivity index (χ0n) is 10.5. The highest BCUT2D eigenvalue weighted by molar-refractivity contribution is 5.54. The Balaban J connectivity index is 1.98. The number of benzene rings is 1. The average Bonchev–Trinajstić information content (AvgIpc) is 2.73. The molecule has 0 saturated carbocycles. The Labute approximate surface area is 102 Å². The van der Waals surface area contributed by atoms with Gasteiger partial charge in [-0.3, -0.25) is 0 Å². The minimum absolute atomic E-state index is 0.741. The smallest absolute Gasteiger partial charge is 0.127 e. The molecule has 1 aromatic carbocycles. The number of nitrogens with one attached hydrogen (secondary N) is 1. The van der Waals surface area contributed by atoms with Crippen molar-refractivity contribution in [3.05, 3.63) is 42.5 Å². The predicted octanol–water partition coefficient (Wildman–Crippen LogP) is 2.10. The molecule has 0 saturated heterocycles. The van der Waals surface area contributed by atoms with Gasteiger partial charge in [-0.1, -0.05) is 0 Å². The van der Waals surface area contributed by atoms with Gasteiger partial charge in [0.25, 0.3) is 0 Å². The Kier molecular flexibility index (Phi) is 3.32. The molecule has 0 amide bonds. The van der Waals surface area contributed by atoms with E-state index in [0.29, 0.717) is 0 Å². The van der Waals surface area contributed by atoms with Crippen LogP contribution in [0.25, 0.3) is 0 Å². The Bertz CT molecular complexity index is 470. The van der Waals surface area contributed by atoms with Gasteiger partial charge in [0.15, 0.2) is 0 Å². The predicted molar refractivity (Wildman–Crippen MR) is 71.3 cm³/mol. The fourth-order valence-electron chi connectivity index (χ4n) is 1.63. The van der Waals surface area contributed by atoms with Crippen LogP contribution < -0.4 is 10.2 Å². The van der Waals surface area contributed by atoms with Gasteiger partial charge in [-0.2, -0.15) is 0 Å². The molecule has 1 heterocycles. The molecule has 2 rings (SSSR count). The lowest BCUT2D eigenvalue weighted by Crippen LogP contribution is -2.09. The first-order valence-corrected chi connectivity index (χ1v) is 5.64. The molecular weight excluding hydrogens is 212 g/mol. The molecule has 17 heavy (non-hydrogen) atoms. The van der Waals surface area contributed by atoms with Crippen LogP contribution in [0.4, 0.5) is 11.4 Å². The average molecular weight is 230 g/mol. The van der Waals surface area contributed by atoms with Gasteiger partial charge in [0.2, 0.25) is 0 Å². The van der Waals surface area contributed by atoms with Crippen molar-refractivity contribution in [3.8, 4) is 0 Å². The van der Waals surface area contributed by atoms with E-state index in [4.69, 9.17) is 0 Å². The third-order valence-corrected chi connectivity index (χ3v) is 2.76. The molecule has 0 aliphatic heterocycles. The maximum Gasteiger partial charge on any atom is 0.127 e. The Morgan fingerprint density at radius 2 is 1.94 bits per heavy atom. The minimum Gasteiger partial charge on any atom is -0.378 e. The molecule has 0 unspecified atom stereocenters. The van der Waals surface area contributed by atoms with Crippen LogP contribution in [0.1, 0.15) is 5.82 Å². The molecule has 90 valence electrons. The van der Waals surface area contributed by atoms with Crippen LogP contribution in [0.3, 0.4) is 0 Å². The van der Waals surface area contributed by atoms with Gasteiger partial charge in [0, 0.05) is 44.9 Å². The number of rotatable bonds is 4. The minimum atomic E-state index is 0.741. The van der Waals surface area contributed by atoms with Gasteiger partial charge in [-0.15, -0.1) is 0 Å². The Morgan fingerprint density at radius 1 is 1.24 bits per heavy atom. The van der Waals surface area contributed by atoms with E-state index in [9.17, 15) is 0 Å². The van der Waals surface area contributed by atoms with Crippen LogP contribution in [0, 0.1) is 0 Å². The monoisotopic (exact) mass is 230 g/mol. The molecule has 0 aliphatic carbocycles. The van der Waals surface area contributed by atoms with Crippen LogP contribution in [-0.2, 0) is 13.6 Å². The first-order chi connectivity index (χ1) is 8.16. The molecule has 1 aromatic heterocycles. The van der Waals surface area contributed by atoms with E-state index >= 15 is 0 Å². The molecule has 0 radical (unpaired) electrons.